The fraction of sp³-hybridized carbons (Fsp3) is 0.333. The minimum atomic E-state index is -0.551. The van der Waals surface area contributed by atoms with E-state index >= 15 is 0 Å². The number of aryl methyl sites for hydroxylation is 1. The number of hydrogen-bond donors (Lipinski definition) is 1. The fourth-order valence-corrected chi connectivity index (χ4v) is 3.25. The molecule has 0 saturated carbocycles. The highest BCUT2D eigenvalue weighted by molar-refractivity contribution is 6.39. The number of rotatable bonds is 3. The van der Waals surface area contributed by atoms with Gasteiger partial charge in [-0.3, -0.25) is 9.59 Å². The average Bonchev–Trinajstić information content (AvgIpc) is 2.64. The third-order valence-corrected chi connectivity index (χ3v) is 4.77. The number of likely N-dealkylation sites (tertiary alicyclic amines) is 1. The van der Waals surface area contributed by atoms with Gasteiger partial charge in [-0.15, -0.1) is 0 Å². The topological polar surface area (TPSA) is 49.4 Å². The van der Waals surface area contributed by atoms with Gasteiger partial charge in [0.2, 0.25) is 0 Å². The molecule has 4 nitrogen and oxygen atoms in total. The van der Waals surface area contributed by atoms with Gasteiger partial charge in [0.25, 0.3) is 0 Å². The first kappa shape index (κ1) is 17.2. The predicted octanol–water partition coefficient (Wildman–Crippen LogP) is 3.41. The van der Waals surface area contributed by atoms with E-state index in [9.17, 15) is 9.59 Å². The number of nitrogens with zero attached hydrogens (tertiary/aromatic N) is 1. The van der Waals surface area contributed by atoms with E-state index in [4.69, 9.17) is 0 Å². The van der Waals surface area contributed by atoms with Gasteiger partial charge in [-0.05, 0) is 49.8 Å². The van der Waals surface area contributed by atoms with Gasteiger partial charge in [-0.2, -0.15) is 0 Å². The molecule has 25 heavy (non-hydrogen) atoms. The van der Waals surface area contributed by atoms with Crippen LogP contribution < -0.4 is 5.32 Å². The molecule has 1 saturated heterocycles. The molecule has 2 aromatic carbocycles. The van der Waals surface area contributed by atoms with Crippen LogP contribution >= 0.6 is 0 Å². The summed E-state index contributed by atoms with van der Waals surface area (Å²) in [5.74, 6) is -0.407. The maximum absolute atomic E-state index is 12.3. The Labute approximate surface area is 148 Å². The highest BCUT2D eigenvalue weighted by Gasteiger charge is 2.27. The van der Waals surface area contributed by atoms with E-state index in [1.807, 2.05) is 37.3 Å². The maximum atomic E-state index is 12.3. The minimum absolute atomic E-state index is 0.432. The van der Waals surface area contributed by atoms with Crippen molar-refractivity contribution in [3.63, 3.8) is 0 Å². The van der Waals surface area contributed by atoms with Crippen molar-refractivity contribution in [2.45, 2.75) is 26.2 Å². The summed E-state index contributed by atoms with van der Waals surface area (Å²) in [6, 6.07) is 17.9. The number of nitrogens with one attached hydrogen (secondary N) is 1. The molecule has 2 aromatic rings. The first-order valence-electron chi connectivity index (χ1n) is 8.82. The molecular formula is C21H24N2O2. The number of carbonyl (C=O) groups is 2. The summed E-state index contributed by atoms with van der Waals surface area (Å²) in [5, 5.41) is 2.69. The van der Waals surface area contributed by atoms with E-state index < -0.39 is 11.8 Å². The molecule has 1 N–H and O–H groups in total. The van der Waals surface area contributed by atoms with Crippen LogP contribution in [0, 0.1) is 12.8 Å². The van der Waals surface area contributed by atoms with Gasteiger partial charge in [0.15, 0.2) is 0 Å². The fourth-order valence-electron chi connectivity index (χ4n) is 3.25. The van der Waals surface area contributed by atoms with Gasteiger partial charge in [-0.1, -0.05) is 48.0 Å². The Bertz CT molecular complexity index is 717. The number of anilines is 1. The predicted molar refractivity (Wildman–Crippen MR) is 99.3 cm³/mol. The molecule has 0 radical (unpaired) electrons. The third kappa shape index (κ3) is 4.69. The van der Waals surface area contributed by atoms with Crippen LogP contribution in [0.15, 0.2) is 54.6 Å². The molecule has 4 heteroatoms. The second-order valence-electron chi connectivity index (χ2n) is 6.75. The highest BCUT2D eigenvalue weighted by atomic mass is 16.2. The second-order valence-corrected chi connectivity index (χ2v) is 6.75. The van der Waals surface area contributed by atoms with E-state index in [2.05, 4.69) is 29.6 Å². The number of amides is 2. The normalized spacial score (nSPS) is 15.0. The summed E-state index contributed by atoms with van der Waals surface area (Å²) in [7, 11) is 0. The van der Waals surface area contributed by atoms with Gasteiger partial charge in [0.05, 0.1) is 0 Å². The van der Waals surface area contributed by atoms with E-state index in [1.54, 1.807) is 4.90 Å². The number of benzene rings is 2. The first-order chi connectivity index (χ1) is 12.1. The molecule has 2 amide bonds. The molecule has 1 fully saturated rings. The molecular weight excluding hydrogens is 312 g/mol. The van der Waals surface area contributed by atoms with Crippen molar-refractivity contribution in [3.8, 4) is 0 Å². The van der Waals surface area contributed by atoms with Gasteiger partial charge >= 0.3 is 11.8 Å². The summed E-state index contributed by atoms with van der Waals surface area (Å²) in [6.45, 7) is 3.28. The molecule has 0 aromatic heterocycles. The van der Waals surface area contributed by atoms with Crippen molar-refractivity contribution < 1.29 is 9.59 Å². The summed E-state index contributed by atoms with van der Waals surface area (Å²) in [6.07, 6.45) is 2.93. The maximum Gasteiger partial charge on any atom is 0.313 e. The van der Waals surface area contributed by atoms with Gasteiger partial charge in [-0.25, -0.2) is 0 Å². The lowest BCUT2D eigenvalue weighted by Gasteiger charge is -2.31. The van der Waals surface area contributed by atoms with Crippen LogP contribution in [0.2, 0.25) is 0 Å². The smallest absolute Gasteiger partial charge is 0.313 e. The lowest BCUT2D eigenvalue weighted by molar-refractivity contribution is -0.144. The Hall–Kier alpha value is -2.62. The minimum Gasteiger partial charge on any atom is -0.334 e. The average molecular weight is 336 g/mol. The van der Waals surface area contributed by atoms with Crippen molar-refractivity contribution in [2.75, 3.05) is 18.4 Å². The molecule has 130 valence electrons. The zero-order chi connectivity index (χ0) is 17.6. The van der Waals surface area contributed by atoms with Gasteiger partial charge in [0.1, 0.15) is 0 Å². The SMILES string of the molecule is Cc1ccc(NC(=O)C(=O)N2CCC(Cc3ccccc3)CC2)cc1. The Balaban J connectivity index is 1.49. The van der Waals surface area contributed by atoms with Crippen LogP contribution in [0.25, 0.3) is 0 Å². The number of piperidine rings is 1. The number of carbonyl (C=O) groups excluding carboxylic acids is 2. The molecule has 0 bridgehead atoms. The number of hydrogen-bond acceptors (Lipinski definition) is 2. The Kier molecular flexibility index (Phi) is 5.49. The first-order valence-corrected chi connectivity index (χ1v) is 8.82. The summed E-state index contributed by atoms with van der Waals surface area (Å²) in [5.41, 5.74) is 3.11. The van der Waals surface area contributed by atoms with Crippen molar-refractivity contribution in [1.82, 2.24) is 4.90 Å². The summed E-state index contributed by atoms with van der Waals surface area (Å²) >= 11 is 0. The largest absolute Gasteiger partial charge is 0.334 e. The quantitative estimate of drug-likeness (QED) is 0.873. The van der Waals surface area contributed by atoms with Crippen molar-refractivity contribution in [3.05, 3.63) is 65.7 Å². The monoisotopic (exact) mass is 336 g/mol. The van der Waals surface area contributed by atoms with Crippen LogP contribution in [0.4, 0.5) is 5.69 Å². The molecule has 0 unspecified atom stereocenters. The zero-order valence-electron chi connectivity index (χ0n) is 14.6. The van der Waals surface area contributed by atoms with Crippen LogP contribution in [0.5, 0.6) is 0 Å². The third-order valence-electron chi connectivity index (χ3n) is 4.77. The second kappa shape index (κ2) is 7.97. The Morgan fingerprint density at radius 2 is 1.64 bits per heavy atom. The van der Waals surface area contributed by atoms with E-state index in [1.165, 1.54) is 5.56 Å². The Morgan fingerprint density at radius 3 is 2.28 bits per heavy atom. The highest BCUT2D eigenvalue weighted by Crippen LogP contribution is 2.22. The Morgan fingerprint density at radius 1 is 1.00 bits per heavy atom. The lowest BCUT2D eigenvalue weighted by atomic mass is 9.90. The summed E-state index contributed by atoms with van der Waals surface area (Å²) < 4.78 is 0. The van der Waals surface area contributed by atoms with Crippen LogP contribution in [0.3, 0.4) is 0 Å². The molecule has 3 rings (SSSR count). The van der Waals surface area contributed by atoms with Crippen LogP contribution in [-0.2, 0) is 16.0 Å². The zero-order valence-corrected chi connectivity index (χ0v) is 14.6. The molecule has 1 heterocycles. The van der Waals surface area contributed by atoms with Gasteiger partial charge in [0, 0.05) is 18.8 Å². The molecule has 0 atom stereocenters. The van der Waals surface area contributed by atoms with E-state index in [0.717, 1.165) is 24.8 Å². The molecule has 1 aliphatic rings. The van der Waals surface area contributed by atoms with Crippen molar-refractivity contribution in [1.29, 1.82) is 0 Å². The van der Waals surface area contributed by atoms with E-state index in [-0.39, 0.29) is 0 Å². The van der Waals surface area contributed by atoms with Crippen molar-refractivity contribution in [2.24, 2.45) is 5.92 Å². The summed E-state index contributed by atoms with van der Waals surface area (Å²) in [4.78, 5) is 26.2. The standard InChI is InChI=1S/C21H24N2O2/c1-16-7-9-19(10-8-16)22-20(24)21(25)23-13-11-18(12-14-23)15-17-5-3-2-4-6-17/h2-10,18H,11-15H2,1H3,(H,22,24). The van der Waals surface area contributed by atoms with Crippen LogP contribution in [-0.4, -0.2) is 29.8 Å². The molecule has 0 spiro atoms. The van der Waals surface area contributed by atoms with Crippen molar-refractivity contribution >= 4 is 17.5 Å². The van der Waals surface area contributed by atoms with Gasteiger partial charge < -0.3 is 10.2 Å². The molecule has 1 aliphatic heterocycles. The lowest BCUT2D eigenvalue weighted by Crippen LogP contribution is -2.44. The van der Waals surface area contributed by atoms with E-state index in [0.29, 0.717) is 24.7 Å². The molecule has 0 aliphatic carbocycles. The van der Waals surface area contributed by atoms with Crippen LogP contribution in [0.1, 0.15) is 24.0 Å².